The highest BCUT2D eigenvalue weighted by atomic mass is 32.2. The maximum atomic E-state index is 12.3. The Balaban J connectivity index is 2.17. The summed E-state index contributed by atoms with van der Waals surface area (Å²) in [5.74, 6) is 0. The van der Waals surface area contributed by atoms with E-state index < -0.39 is 15.3 Å². The molecule has 0 aromatic heterocycles. The highest BCUT2D eigenvalue weighted by Crippen LogP contribution is 2.47. The third kappa shape index (κ3) is 2.88. The monoisotopic (exact) mass is 288 g/mol. The van der Waals surface area contributed by atoms with Crippen LogP contribution in [0.3, 0.4) is 0 Å². The first-order chi connectivity index (χ1) is 8.54. The molecule has 1 aliphatic carbocycles. The van der Waals surface area contributed by atoms with Crippen LogP contribution >= 0.6 is 0 Å². The molecule has 0 radical (unpaired) electrons. The lowest BCUT2D eigenvalue weighted by Gasteiger charge is -2.45. The van der Waals surface area contributed by atoms with Gasteiger partial charge in [0, 0.05) is 28.1 Å². The van der Waals surface area contributed by atoms with E-state index in [0.717, 1.165) is 19.3 Å². The Hall–Kier alpha value is -0.780. The van der Waals surface area contributed by atoms with E-state index in [1.54, 1.807) is 4.90 Å². The summed E-state index contributed by atoms with van der Waals surface area (Å²) in [5, 5.41) is -0.222. The van der Waals surface area contributed by atoms with Crippen LogP contribution in [0.25, 0.3) is 0 Å². The fraction of sp³-hybridized carbons (Fsp3) is 0.923. The van der Waals surface area contributed by atoms with Crippen LogP contribution in [0.4, 0.5) is 4.79 Å². The predicted molar refractivity (Wildman–Crippen MR) is 74.7 cm³/mol. The zero-order chi connectivity index (χ0) is 14.5. The summed E-state index contributed by atoms with van der Waals surface area (Å²) in [6.45, 7) is 5.94. The molecule has 1 heterocycles. The first-order valence-corrected chi connectivity index (χ1v) is 8.80. The number of carbonyl (C=O) groups excluding carboxylic acids is 1. The largest absolute Gasteiger partial charge is 0.444 e. The molecule has 2 unspecified atom stereocenters. The maximum absolute atomic E-state index is 12.3. The van der Waals surface area contributed by atoms with Gasteiger partial charge in [0.25, 0.3) is 0 Å². The minimum Gasteiger partial charge on any atom is -0.444 e. The summed E-state index contributed by atoms with van der Waals surface area (Å²) in [7, 11) is -2.61. The standard InChI is InChI=1S/C13H24N2O3S/c1-12(2,3)18-11(16)15-9-10(19(4,14)17)8-13(15)6-5-7-13/h10,14H,5-9H2,1-4H3. The molecule has 6 heteroatoms. The van der Waals surface area contributed by atoms with E-state index in [4.69, 9.17) is 9.52 Å². The van der Waals surface area contributed by atoms with Crippen LogP contribution in [0.15, 0.2) is 0 Å². The first kappa shape index (κ1) is 14.6. The van der Waals surface area contributed by atoms with Gasteiger partial charge in [-0.1, -0.05) is 0 Å². The van der Waals surface area contributed by atoms with Gasteiger partial charge in [-0.25, -0.2) is 9.00 Å². The SMILES string of the molecule is CC(C)(C)OC(=O)N1CC(S(C)(=N)=O)CC12CCC2. The van der Waals surface area contributed by atoms with Gasteiger partial charge in [0.05, 0.1) is 5.25 Å². The molecule has 0 bridgehead atoms. The van der Waals surface area contributed by atoms with E-state index in [0.29, 0.717) is 13.0 Å². The highest BCUT2D eigenvalue weighted by molar-refractivity contribution is 7.92. The van der Waals surface area contributed by atoms with Crippen molar-refractivity contribution >= 4 is 15.8 Å². The van der Waals surface area contributed by atoms with Crippen LogP contribution in [-0.4, -0.2) is 44.4 Å². The summed E-state index contributed by atoms with van der Waals surface area (Å²) >= 11 is 0. The molecule has 5 nitrogen and oxygen atoms in total. The van der Waals surface area contributed by atoms with Crippen molar-refractivity contribution in [2.45, 2.75) is 62.8 Å². The molecule has 1 amide bonds. The van der Waals surface area contributed by atoms with E-state index in [2.05, 4.69) is 0 Å². The molecule has 2 fully saturated rings. The second-order valence-corrected chi connectivity index (χ2v) is 9.37. The molecule has 110 valence electrons. The number of nitrogens with zero attached hydrogens (tertiary/aromatic N) is 1. The van der Waals surface area contributed by atoms with Gasteiger partial charge >= 0.3 is 6.09 Å². The third-order valence-corrected chi connectivity index (χ3v) is 5.69. The molecule has 2 atom stereocenters. The van der Waals surface area contributed by atoms with Crippen molar-refractivity contribution in [1.29, 1.82) is 4.78 Å². The number of ether oxygens (including phenoxy) is 1. The van der Waals surface area contributed by atoms with Crippen molar-refractivity contribution in [3.63, 3.8) is 0 Å². The topological polar surface area (TPSA) is 70.5 Å². The average molecular weight is 288 g/mol. The van der Waals surface area contributed by atoms with Crippen molar-refractivity contribution < 1.29 is 13.7 Å². The molecule has 2 rings (SSSR count). The molecule has 0 aromatic rings. The minimum atomic E-state index is -2.61. The molecule has 0 aromatic carbocycles. The fourth-order valence-electron chi connectivity index (χ4n) is 2.94. The van der Waals surface area contributed by atoms with Crippen LogP contribution in [0, 0.1) is 4.78 Å². The number of hydrogen-bond acceptors (Lipinski definition) is 4. The Morgan fingerprint density at radius 3 is 2.37 bits per heavy atom. The lowest BCUT2D eigenvalue weighted by atomic mass is 9.75. The fourth-order valence-corrected chi connectivity index (χ4v) is 4.00. The van der Waals surface area contributed by atoms with Crippen LogP contribution in [0.5, 0.6) is 0 Å². The molecular formula is C13H24N2O3S. The van der Waals surface area contributed by atoms with Crippen LogP contribution in [0.2, 0.25) is 0 Å². The molecule has 1 N–H and O–H groups in total. The van der Waals surface area contributed by atoms with Crippen LogP contribution in [0.1, 0.15) is 46.5 Å². The number of nitrogens with one attached hydrogen (secondary N) is 1. The summed E-state index contributed by atoms with van der Waals surface area (Å²) in [5.41, 5.74) is -0.707. The Kier molecular flexibility index (Phi) is 3.36. The second kappa shape index (κ2) is 4.36. The normalized spacial score (nSPS) is 28.8. The van der Waals surface area contributed by atoms with Crippen molar-refractivity contribution in [3.8, 4) is 0 Å². The van der Waals surface area contributed by atoms with Gasteiger partial charge in [-0.05, 0) is 46.5 Å². The molecule has 1 saturated heterocycles. The number of rotatable bonds is 1. The third-order valence-electron chi connectivity index (χ3n) is 4.10. The van der Waals surface area contributed by atoms with E-state index in [1.165, 1.54) is 6.26 Å². The lowest BCUT2D eigenvalue weighted by molar-refractivity contribution is -0.00977. The Morgan fingerprint density at radius 1 is 1.42 bits per heavy atom. The number of amides is 1. The molecular weight excluding hydrogens is 264 g/mol. The molecule has 2 aliphatic rings. The van der Waals surface area contributed by atoms with E-state index in [1.807, 2.05) is 20.8 Å². The molecule has 1 spiro atoms. The van der Waals surface area contributed by atoms with Gasteiger partial charge < -0.3 is 9.64 Å². The Bertz CT molecular complexity index is 475. The van der Waals surface area contributed by atoms with Gasteiger partial charge in [-0.3, -0.25) is 4.78 Å². The van der Waals surface area contributed by atoms with Crippen LogP contribution < -0.4 is 0 Å². The van der Waals surface area contributed by atoms with Crippen LogP contribution in [-0.2, 0) is 14.5 Å². The van der Waals surface area contributed by atoms with Crippen molar-refractivity contribution in [1.82, 2.24) is 4.90 Å². The predicted octanol–water partition coefficient (Wildman–Crippen LogP) is 2.60. The Morgan fingerprint density at radius 2 is 2.00 bits per heavy atom. The van der Waals surface area contributed by atoms with Gasteiger partial charge in [-0.15, -0.1) is 0 Å². The average Bonchev–Trinajstić information content (AvgIpc) is 2.52. The van der Waals surface area contributed by atoms with E-state index >= 15 is 0 Å². The second-order valence-electron chi connectivity index (χ2n) is 6.90. The number of hydrogen-bond donors (Lipinski definition) is 1. The summed E-state index contributed by atoms with van der Waals surface area (Å²) in [6, 6.07) is 0. The van der Waals surface area contributed by atoms with E-state index in [-0.39, 0.29) is 16.9 Å². The maximum Gasteiger partial charge on any atom is 0.410 e. The van der Waals surface area contributed by atoms with Gasteiger partial charge in [0.2, 0.25) is 0 Å². The molecule has 1 aliphatic heterocycles. The summed E-state index contributed by atoms with van der Waals surface area (Å²) in [4.78, 5) is 14.0. The quantitative estimate of drug-likeness (QED) is 0.806. The van der Waals surface area contributed by atoms with Crippen molar-refractivity contribution in [3.05, 3.63) is 0 Å². The van der Waals surface area contributed by atoms with Gasteiger partial charge in [-0.2, -0.15) is 0 Å². The zero-order valence-corrected chi connectivity index (χ0v) is 13.0. The van der Waals surface area contributed by atoms with Gasteiger partial charge in [0.15, 0.2) is 0 Å². The van der Waals surface area contributed by atoms with E-state index in [9.17, 15) is 9.00 Å². The number of likely N-dealkylation sites (tertiary alicyclic amines) is 1. The molecule has 19 heavy (non-hydrogen) atoms. The summed E-state index contributed by atoms with van der Waals surface area (Å²) < 4.78 is 25.2. The minimum absolute atomic E-state index is 0.188. The molecule has 1 saturated carbocycles. The van der Waals surface area contributed by atoms with Crippen molar-refractivity contribution in [2.24, 2.45) is 0 Å². The Labute approximate surface area is 115 Å². The highest BCUT2D eigenvalue weighted by Gasteiger charge is 2.54. The first-order valence-electron chi connectivity index (χ1n) is 6.77. The van der Waals surface area contributed by atoms with Gasteiger partial charge in [0.1, 0.15) is 5.60 Å². The summed E-state index contributed by atoms with van der Waals surface area (Å²) in [6.07, 6.45) is 4.82. The lowest BCUT2D eigenvalue weighted by Crippen LogP contribution is -2.53. The zero-order valence-electron chi connectivity index (χ0n) is 12.2. The smallest absolute Gasteiger partial charge is 0.410 e. The number of carbonyl (C=O) groups is 1. The van der Waals surface area contributed by atoms with Crippen molar-refractivity contribution in [2.75, 3.05) is 12.8 Å².